The Hall–Kier alpha value is -3.93. The number of rotatable bonds is 6. The van der Waals surface area contributed by atoms with Crippen molar-refractivity contribution < 1.29 is 28.6 Å². The van der Waals surface area contributed by atoms with E-state index >= 15 is 4.39 Å². The number of urea groups is 1. The first-order chi connectivity index (χ1) is 16.7. The fourth-order valence-corrected chi connectivity index (χ4v) is 4.20. The van der Waals surface area contributed by atoms with E-state index in [0.717, 1.165) is 6.07 Å². The van der Waals surface area contributed by atoms with Crippen LogP contribution >= 0.6 is 11.6 Å². The van der Waals surface area contributed by atoms with Crippen LogP contribution in [0.2, 0.25) is 5.02 Å². The predicted molar refractivity (Wildman–Crippen MR) is 126 cm³/mol. The summed E-state index contributed by atoms with van der Waals surface area (Å²) >= 11 is 6.38. The van der Waals surface area contributed by atoms with E-state index in [0.29, 0.717) is 32.0 Å². The number of carboxylic acids is 1. The van der Waals surface area contributed by atoms with Crippen molar-refractivity contribution in [3.8, 4) is 16.9 Å². The Kier molecular flexibility index (Phi) is 6.74. The SMILES string of the molecule is NC(=O)N1CCN(c2nc(NCCC(=O)O)nc3c(F)c(-c4c(O)cccc4F)c(Cl)cc23)CC1. The average molecular weight is 507 g/mol. The molecule has 0 unspecified atom stereocenters. The number of halogens is 3. The van der Waals surface area contributed by atoms with Gasteiger partial charge in [-0.15, -0.1) is 0 Å². The Labute approximate surface area is 202 Å². The molecule has 0 bridgehead atoms. The highest BCUT2D eigenvalue weighted by Crippen LogP contribution is 2.42. The Morgan fingerprint density at radius 1 is 1.14 bits per heavy atom. The number of piperazine rings is 1. The first-order valence-corrected chi connectivity index (χ1v) is 11.0. The third-order valence-electron chi connectivity index (χ3n) is 5.62. The minimum absolute atomic E-state index is 0.0219. The van der Waals surface area contributed by atoms with Gasteiger partial charge in [-0.25, -0.2) is 18.6 Å². The molecule has 0 aliphatic carbocycles. The number of phenolic OH excluding ortho intramolecular Hbond substituents is 1. The lowest BCUT2D eigenvalue weighted by Crippen LogP contribution is -2.50. The quantitative estimate of drug-likeness (QED) is 0.399. The molecule has 0 spiro atoms. The Bertz CT molecular complexity index is 1300. The van der Waals surface area contributed by atoms with Crippen molar-refractivity contribution in [3.05, 3.63) is 40.9 Å². The third-order valence-corrected chi connectivity index (χ3v) is 5.92. The fraction of sp³-hybridized carbons (Fsp3) is 0.273. The summed E-state index contributed by atoms with van der Waals surface area (Å²) in [5.74, 6) is -3.15. The zero-order chi connectivity index (χ0) is 25.3. The molecule has 1 aromatic heterocycles. The fourth-order valence-electron chi connectivity index (χ4n) is 3.91. The van der Waals surface area contributed by atoms with Gasteiger partial charge >= 0.3 is 12.0 Å². The van der Waals surface area contributed by atoms with Crippen molar-refractivity contribution in [3.63, 3.8) is 0 Å². The molecule has 4 rings (SSSR count). The third kappa shape index (κ3) is 4.83. The van der Waals surface area contributed by atoms with Crippen molar-refractivity contribution in [2.24, 2.45) is 5.73 Å². The summed E-state index contributed by atoms with van der Waals surface area (Å²) in [5, 5.41) is 21.9. The average Bonchev–Trinajstić information content (AvgIpc) is 2.81. The van der Waals surface area contributed by atoms with Crippen molar-refractivity contribution in [2.45, 2.75) is 6.42 Å². The molecule has 184 valence electrons. The second kappa shape index (κ2) is 9.74. The molecule has 2 amide bonds. The molecule has 13 heteroatoms. The molecule has 0 radical (unpaired) electrons. The minimum atomic E-state index is -1.05. The summed E-state index contributed by atoms with van der Waals surface area (Å²) in [6.07, 6.45) is -0.231. The first-order valence-electron chi connectivity index (χ1n) is 10.6. The number of primary amides is 1. The molecule has 0 saturated carbocycles. The Balaban J connectivity index is 1.86. The highest BCUT2D eigenvalue weighted by Gasteiger charge is 2.27. The molecule has 1 saturated heterocycles. The van der Waals surface area contributed by atoms with Gasteiger partial charge in [0.2, 0.25) is 5.95 Å². The van der Waals surface area contributed by atoms with Crippen LogP contribution in [0.1, 0.15) is 6.42 Å². The van der Waals surface area contributed by atoms with Crippen LogP contribution < -0.4 is 16.0 Å². The zero-order valence-electron chi connectivity index (χ0n) is 18.3. The summed E-state index contributed by atoms with van der Waals surface area (Å²) in [7, 11) is 0. The number of nitrogens with zero attached hydrogens (tertiary/aromatic N) is 4. The van der Waals surface area contributed by atoms with E-state index in [1.807, 2.05) is 0 Å². The van der Waals surface area contributed by atoms with Crippen LogP contribution in [0.3, 0.4) is 0 Å². The van der Waals surface area contributed by atoms with E-state index < -0.39 is 34.9 Å². The number of carbonyl (C=O) groups excluding carboxylic acids is 1. The number of anilines is 2. The monoisotopic (exact) mass is 506 g/mol. The van der Waals surface area contributed by atoms with E-state index in [-0.39, 0.29) is 40.4 Å². The number of fused-ring (bicyclic) bond motifs is 1. The number of aromatic nitrogens is 2. The molecule has 5 N–H and O–H groups in total. The summed E-state index contributed by atoms with van der Waals surface area (Å²) < 4.78 is 30.4. The summed E-state index contributed by atoms with van der Waals surface area (Å²) in [6, 6.07) is 4.38. The predicted octanol–water partition coefficient (Wildman–Crippen LogP) is 3.02. The van der Waals surface area contributed by atoms with Gasteiger partial charge in [0.15, 0.2) is 5.82 Å². The van der Waals surface area contributed by atoms with Gasteiger partial charge in [0.05, 0.1) is 17.0 Å². The molecular formula is C22H21ClF2N6O4. The van der Waals surface area contributed by atoms with Crippen LogP contribution in [-0.4, -0.2) is 69.8 Å². The van der Waals surface area contributed by atoms with E-state index in [2.05, 4.69) is 15.3 Å². The highest BCUT2D eigenvalue weighted by molar-refractivity contribution is 6.34. The van der Waals surface area contributed by atoms with E-state index in [4.69, 9.17) is 22.4 Å². The molecule has 1 aliphatic rings. The van der Waals surface area contributed by atoms with E-state index in [1.165, 1.54) is 23.1 Å². The molecule has 0 atom stereocenters. The normalized spacial score (nSPS) is 13.8. The second-order valence-electron chi connectivity index (χ2n) is 7.83. The van der Waals surface area contributed by atoms with Crippen molar-refractivity contribution in [1.82, 2.24) is 14.9 Å². The lowest BCUT2D eigenvalue weighted by molar-refractivity contribution is -0.136. The van der Waals surface area contributed by atoms with Crippen LogP contribution in [0, 0.1) is 11.6 Å². The van der Waals surface area contributed by atoms with Crippen molar-refractivity contribution in [1.29, 1.82) is 0 Å². The van der Waals surface area contributed by atoms with Gasteiger partial charge in [-0.05, 0) is 18.2 Å². The van der Waals surface area contributed by atoms with Gasteiger partial charge in [-0.2, -0.15) is 4.98 Å². The molecule has 1 aliphatic heterocycles. The number of benzene rings is 2. The number of nitrogens with two attached hydrogens (primary N) is 1. The van der Waals surface area contributed by atoms with Gasteiger partial charge in [0.1, 0.15) is 22.9 Å². The molecule has 2 heterocycles. The number of amides is 2. The standard InChI is InChI=1S/C22H21ClF2N6O4/c23-12-10-11-19(18(25)16(12)17-13(24)2-1-3-14(17)32)28-22(27-5-4-15(33)34)29-20(11)30-6-8-31(9-7-30)21(26)35/h1-3,10,32H,4-9H2,(H2,26,35)(H,33,34)(H,27,28,29). The molecule has 35 heavy (non-hydrogen) atoms. The molecular weight excluding hydrogens is 486 g/mol. The number of carboxylic acid groups (broad SMARTS) is 1. The lowest BCUT2D eigenvalue weighted by Gasteiger charge is -2.35. The number of hydrogen-bond acceptors (Lipinski definition) is 7. The molecule has 2 aromatic carbocycles. The van der Waals surface area contributed by atoms with Crippen LogP contribution in [0.25, 0.3) is 22.0 Å². The van der Waals surface area contributed by atoms with Crippen LogP contribution in [-0.2, 0) is 4.79 Å². The molecule has 3 aromatic rings. The van der Waals surface area contributed by atoms with Crippen molar-refractivity contribution >= 4 is 46.3 Å². The topological polar surface area (TPSA) is 145 Å². The van der Waals surface area contributed by atoms with E-state index in [1.54, 1.807) is 4.90 Å². The number of phenols is 1. The summed E-state index contributed by atoms with van der Waals surface area (Å²) in [6.45, 7) is 1.25. The van der Waals surface area contributed by atoms with Gasteiger partial charge in [0, 0.05) is 43.7 Å². The maximum atomic E-state index is 15.9. The number of aromatic hydroxyl groups is 1. The smallest absolute Gasteiger partial charge is 0.314 e. The second-order valence-corrected chi connectivity index (χ2v) is 8.24. The molecule has 1 fully saturated rings. The van der Waals surface area contributed by atoms with Gasteiger partial charge in [0.25, 0.3) is 0 Å². The lowest BCUT2D eigenvalue weighted by atomic mass is 10.0. The van der Waals surface area contributed by atoms with Gasteiger partial charge in [-0.1, -0.05) is 17.7 Å². The van der Waals surface area contributed by atoms with Crippen LogP contribution in [0.5, 0.6) is 5.75 Å². The van der Waals surface area contributed by atoms with Gasteiger partial charge < -0.3 is 31.1 Å². The first kappa shape index (κ1) is 24.2. The maximum Gasteiger partial charge on any atom is 0.314 e. The van der Waals surface area contributed by atoms with Crippen LogP contribution in [0.15, 0.2) is 24.3 Å². The maximum absolute atomic E-state index is 15.9. The largest absolute Gasteiger partial charge is 0.507 e. The Morgan fingerprint density at radius 3 is 2.49 bits per heavy atom. The molecule has 10 nitrogen and oxygen atoms in total. The van der Waals surface area contributed by atoms with E-state index in [9.17, 15) is 19.1 Å². The number of nitrogens with one attached hydrogen (secondary N) is 1. The zero-order valence-corrected chi connectivity index (χ0v) is 19.0. The highest BCUT2D eigenvalue weighted by atomic mass is 35.5. The minimum Gasteiger partial charge on any atom is -0.507 e. The summed E-state index contributed by atoms with van der Waals surface area (Å²) in [4.78, 5) is 34.3. The number of carbonyl (C=O) groups is 2. The van der Waals surface area contributed by atoms with Crippen molar-refractivity contribution in [2.75, 3.05) is 42.9 Å². The Morgan fingerprint density at radius 2 is 1.86 bits per heavy atom. The van der Waals surface area contributed by atoms with Gasteiger partial charge in [-0.3, -0.25) is 4.79 Å². The summed E-state index contributed by atoms with van der Waals surface area (Å²) in [5.41, 5.74) is 4.37. The number of aliphatic carboxylic acids is 1. The number of hydrogen-bond donors (Lipinski definition) is 4. The van der Waals surface area contributed by atoms with Crippen LogP contribution in [0.4, 0.5) is 25.3 Å².